The van der Waals surface area contributed by atoms with Gasteiger partial charge in [-0.2, -0.15) is 0 Å². The summed E-state index contributed by atoms with van der Waals surface area (Å²) in [5, 5.41) is 10.6. The molecule has 3 aromatic rings. The van der Waals surface area contributed by atoms with Crippen molar-refractivity contribution in [2.45, 2.75) is 10.9 Å². The number of ether oxygens (including phenoxy) is 1. The van der Waals surface area contributed by atoms with E-state index in [0.717, 1.165) is 27.5 Å². The molecule has 0 saturated heterocycles. The highest BCUT2D eigenvalue weighted by Crippen LogP contribution is 2.29. The van der Waals surface area contributed by atoms with Gasteiger partial charge >= 0.3 is 0 Å². The number of hydrogen-bond donors (Lipinski definition) is 3. The molecule has 0 bridgehead atoms. The molecule has 1 heterocycles. The first kappa shape index (κ1) is 13.6. The quantitative estimate of drug-likeness (QED) is 0.391. The van der Waals surface area contributed by atoms with E-state index in [0.29, 0.717) is 11.4 Å². The number of aromatic nitrogens is 2. The smallest absolute Gasteiger partial charge is 0.166 e. The second-order valence-corrected chi connectivity index (χ2v) is 5.57. The Bertz CT molecular complexity index is 786. The van der Waals surface area contributed by atoms with Gasteiger partial charge in [0.05, 0.1) is 18.1 Å². The second-order valence-electron chi connectivity index (χ2n) is 4.60. The zero-order valence-corrected chi connectivity index (χ0v) is 12.3. The average Bonchev–Trinajstić information content (AvgIpc) is 2.89. The van der Waals surface area contributed by atoms with Gasteiger partial charge in [0.2, 0.25) is 0 Å². The van der Waals surface area contributed by atoms with Crippen LogP contribution in [0.4, 0.5) is 5.69 Å². The third-order valence-corrected chi connectivity index (χ3v) is 4.06. The fraction of sp³-hybridized carbons (Fsp3) is 0.133. The minimum absolute atomic E-state index is 0.245. The van der Waals surface area contributed by atoms with Crippen LogP contribution in [-0.4, -0.2) is 22.2 Å². The van der Waals surface area contributed by atoms with Crippen LogP contribution in [0.5, 0.6) is 11.5 Å². The maximum absolute atomic E-state index is 9.81. The normalized spacial score (nSPS) is 10.9. The predicted molar refractivity (Wildman–Crippen MR) is 84.7 cm³/mol. The first-order valence-electron chi connectivity index (χ1n) is 6.39. The molecular weight excluding hydrogens is 286 g/mol. The highest BCUT2D eigenvalue weighted by molar-refractivity contribution is 7.98. The van der Waals surface area contributed by atoms with Crippen molar-refractivity contribution in [1.29, 1.82) is 0 Å². The third kappa shape index (κ3) is 2.90. The monoisotopic (exact) mass is 301 g/mol. The van der Waals surface area contributed by atoms with Crippen molar-refractivity contribution in [3.8, 4) is 11.5 Å². The molecule has 108 valence electrons. The molecule has 4 N–H and O–H groups in total. The van der Waals surface area contributed by atoms with Gasteiger partial charge in [0.25, 0.3) is 0 Å². The molecule has 0 saturated carbocycles. The van der Waals surface area contributed by atoms with Gasteiger partial charge in [0.1, 0.15) is 11.5 Å². The number of phenolic OH excluding ortho intramolecular Hbond substituents is 1. The number of benzene rings is 2. The van der Waals surface area contributed by atoms with E-state index < -0.39 is 0 Å². The van der Waals surface area contributed by atoms with E-state index in [1.54, 1.807) is 25.3 Å². The number of imidazole rings is 1. The lowest BCUT2D eigenvalue weighted by atomic mass is 10.2. The SMILES string of the molecule is COc1ccc2nc(SCc3cc(N)ccc3O)[nH]c2c1. The van der Waals surface area contributed by atoms with Crippen LogP contribution in [0.3, 0.4) is 0 Å². The number of methoxy groups -OCH3 is 1. The highest BCUT2D eigenvalue weighted by atomic mass is 32.2. The number of nitrogens with two attached hydrogens (primary N) is 1. The topological polar surface area (TPSA) is 84.2 Å². The van der Waals surface area contributed by atoms with Gasteiger partial charge in [-0.3, -0.25) is 0 Å². The predicted octanol–water partition coefficient (Wildman–Crippen LogP) is 3.15. The Hall–Kier alpha value is -2.34. The van der Waals surface area contributed by atoms with Gasteiger partial charge in [-0.25, -0.2) is 4.98 Å². The molecule has 0 radical (unpaired) electrons. The van der Waals surface area contributed by atoms with Gasteiger partial charge in [0, 0.05) is 23.1 Å². The van der Waals surface area contributed by atoms with Crippen LogP contribution in [0.15, 0.2) is 41.6 Å². The molecule has 0 atom stereocenters. The molecule has 21 heavy (non-hydrogen) atoms. The van der Waals surface area contributed by atoms with Crippen LogP contribution in [0, 0.1) is 0 Å². The Morgan fingerprint density at radius 1 is 1.29 bits per heavy atom. The molecule has 0 aliphatic rings. The lowest BCUT2D eigenvalue weighted by molar-refractivity contribution is 0.415. The Kier molecular flexibility index (Phi) is 3.62. The molecular formula is C15H15N3O2S. The summed E-state index contributed by atoms with van der Waals surface area (Å²) in [5.74, 6) is 1.62. The first-order valence-corrected chi connectivity index (χ1v) is 7.38. The van der Waals surface area contributed by atoms with Crippen molar-refractivity contribution in [2.75, 3.05) is 12.8 Å². The highest BCUT2D eigenvalue weighted by Gasteiger charge is 2.07. The number of aromatic hydroxyl groups is 1. The number of fused-ring (bicyclic) bond motifs is 1. The number of phenols is 1. The fourth-order valence-electron chi connectivity index (χ4n) is 2.03. The van der Waals surface area contributed by atoms with Crippen LogP contribution < -0.4 is 10.5 Å². The number of nitrogen functional groups attached to an aromatic ring is 1. The van der Waals surface area contributed by atoms with Crippen LogP contribution in [0.25, 0.3) is 11.0 Å². The maximum Gasteiger partial charge on any atom is 0.166 e. The number of rotatable bonds is 4. The van der Waals surface area contributed by atoms with Crippen LogP contribution in [-0.2, 0) is 5.75 Å². The molecule has 0 amide bonds. The number of anilines is 1. The van der Waals surface area contributed by atoms with Crippen molar-refractivity contribution in [1.82, 2.24) is 9.97 Å². The zero-order chi connectivity index (χ0) is 14.8. The number of H-pyrrole nitrogens is 1. The fourth-order valence-corrected chi connectivity index (χ4v) is 2.90. The van der Waals surface area contributed by atoms with Gasteiger partial charge in [-0.15, -0.1) is 0 Å². The largest absolute Gasteiger partial charge is 0.508 e. The summed E-state index contributed by atoms with van der Waals surface area (Å²) in [6.45, 7) is 0. The molecule has 2 aromatic carbocycles. The van der Waals surface area contributed by atoms with Crippen LogP contribution in [0.1, 0.15) is 5.56 Å². The number of aromatic amines is 1. The Balaban J connectivity index is 1.80. The van der Waals surface area contributed by atoms with Crippen molar-refractivity contribution in [3.05, 3.63) is 42.0 Å². The Morgan fingerprint density at radius 2 is 2.14 bits per heavy atom. The minimum atomic E-state index is 0.245. The van der Waals surface area contributed by atoms with Gasteiger partial charge in [-0.1, -0.05) is 11.8 Å². The molecule has 0 aliphatic carbocycles. The average molecular weight is 301 g/mol. The molecule has 0 unspecified atom stereocenters. The molecule has 0 spiro atoms. The number of thioether (sulfide) groups is 1. The molecule has 1 aromatic heterocycles. The van der Waals surface area contributed by atoms with Crippen molar-refractivity contribution in [2.24, 2.45) is 0 Å². The zero-order valence-electron chi connectivity index (χ0n) is 11.5. The van der Waals surface area contributed by atoms with E-state index in [1.165, 1.54) is 11.8 Å². The van der Waals surface area contributed by atoms with E-state index in [-0.39, 0.29) is 5.75 Å². The van der Waals surface area contributed by atoms with E-state index in [4.69, 9.17) is 10.5 Å². The van der Waals surface area contributed by atoms with Crippen molar-refractivity contribution >= 4 is 28.5 Å². The molecule has 0 aliphatic heterocycles. The van der Waals surface area contributed by atoms with Crippen LogP contribution in [0.2, 0.25) is 0 Å². The molecule has 5 nitrogen and oxygen atoms in total. The van der Waals surface area contributed by atoms with E-state index in [9.17, 15) is 5.11 Å². The van der Waals surface area contributed by atoms with Gasteiger partial charge < -0.3 is 20.6 Å². The number of nitrogens with zero attached hydrogens (tertiary/aromatic N) is 1. The standard InChI is InChI=1S/C15H15N3O2S/c1-20-11-3-4-12-13(7-11)18-15(17-12)21-8-9-6-10(16)2-5-14(9)19/h2-7,19H,8,16H2,1H3,(H,17,18). The summed E-state index contributed by atoms with van der Waals surface area (Å²) in [7, 11) is 1.63. The Labute approximate surface area is 126 Å². The molecule has 0 fully saturated rings. The lowest BCUT2D eigenvalue weighted by Gasteiger charge is -2.04. The van der Waals surface area contributed by atoms with Gasteiger partial charge in [0.15, 0.2) is 5.16 Å². The third-order valence-electron chi connectivity index (χ3n) is 3.14. The number of nitrogens with one attached hydrogen (secondary N) is 1. The minimum Gasteiger partial charge on any atom is -0.508 e. The summed E-state index contributed by atoms with van der Waals surface area (Å²) in [5.41, 5.74) is 8.97. The second kappa shape index (κ2) is 5.57. The van der Waals surface area contributed by atoms with E-state index >= 15 is 0 Å². The van der Waals surface area contributed by atoms with Crippen molar-refractivity contribution in [3.63, 3.8) is 0 Å². The first-order chi connectivity index (χ1) is 10.2. The summed E-state index contributed by atoms with van der Waals surface area (Å²) in [6.07, 6.45) is 0. The summed E-state index contributed by atoms with van der Waals surface area (Å²) < 4.78 is 5.19. The van der Waals surface area contributed by atoms with Gasteiger partial charge in [-0.05, 0) is 30.3 Å². The lowest BCUT2D eigenvalue weighted by Crippen LogP contribution is -1.88. The summed E-state index contributed by atoms with van der Waals surface area (Å²) >= 11 is 1.51. The summed E-state index contributed by atoms with van der Waals surface area (Å²) in [6, 6.07) is 10.7. The molecule has 3 rings (SSSR count). The number of hydrogen-bond acceptors (Lipinski definition) is 5. The van der Waals surface area contributed by atoms with E-state index in [1.807, 2.05) is 18.2 Å². The van der Waals surface area contributed by atoms with E-state index in [2.05, 4.69) is 9.97 Å². The maximum atomic E-state index is 9.81. The van der Waals surface area contributed by atoms with Crippen molar-refractivity contribution < 1.29 is 9.84 Å². The summed E-state index contributed by atoms with van der Waals surface area (Å²) in [4.78, 5) is 7.73. The Morgan fingerprint density at radius 3 is 2.95 bits per heavy atom. The van der Waals surface area contributed by atoms with Crippen LogP contribution >= 0.6 is 11.8 Å². The molecule has 6 heteroatoms.